The summed E-state index contributed by atoms with van der Waals surface area (Å²) in [5, 5.41) is 20.1. The first-order valence-electron chi connectivity index (χ1n) is 8.14. The lowest BCUT2D eigenvalue weighted by molar-refractivity contribution is 0.0702. The van der Waals surface area contributed by atoms with Crippen molar-refractivity contribution in [1.29, 1.82) is 0 Å². The molecule has 0 saturated heterocycles. The first-order chi connectivity index (χ1) is 10.1. The number of fused-ring (bicyclic) bond motifs is 1. The lowest BCUT2D eigenvalue weighted by Gasteiger charge is -2.37. The number of hydrogen-bond acceptors (Lipinski definition) is 3. The first-order valence-corrected chi connectivity index (χ1v) is 8.14. The fourth-order valence-electron chi connectivity index (χ4n) is 3.51. The number of hydrogen-bond donors (Lipinski definition) is 2. The Morgan fingerprint density at radius 3 is 2.19 bits per heavy atom. The van der Waals surface area contributed by atoms with E-state index in [9.17, 15) is 15.0 Å². The predicted molar refractivity (Wildman–Crippen MR) is 83.9 cm³/mol. The number of phenols is 2. The number of rotatable bonds is 6. The molecule has 0 unspecified atom stereocenters. The Labute approximate surface area is 127 Å². The number of benzene rings is 1. The zero-order valence-corrected chi connectivity index (χ0v) is 13.1. The SMILES string of the molecule is CCCCC1(CCCC)CCc2c(O)ccc(O)c2C1=O. The van der Waals surface area contributed by atoms with Crippen molar-refractivity contribution in [2.75, 3.05) is 0 Å². The topological polar surface area (TPSA) is 57.5 Å². The van der Waals surface area contributed by atoms with Gasteiger partial charge in [-0.3, -0.25) is 4.79 Å². The molecule has 3 nitrogen and oxygen atoms in total. The molecule has 0 atom stereocenters. The van der Waals surface area contributed by atoms with Crippen LogP contribution in [0.5, 0.6) is 11.5 Å². The maximum Gasteiger partial charge on any atom is 0.173 e. The minimum Gasteiger partial charge on any atom is -0.508 e. The number of ketones is 1. The lowest BCUT2D eigenvalue weighted by atomic mass is 9.65. The summed E-state index contributed by atoms with van der Waals surface area (Å²) in [5.74, 6) is 0.194. The second-order valence-corrected chi connectivity index (χ2v) is 6.27. The summed E-state index contributed by atoms with van der Waals surface area (Å²) in [6.07, 6.45) is 7.44. The van der Waals surface area contributed by atoms with E-state index < -0.39 is 0 Å². The highest BCUT2D eigenvalue weighted by Crippen LogP contribution is 2.47. The van der Waals surface area contributed by atoms with Gasteiger partial charge in [-0.15, -0.1) is 0 Å². The molecule has 0 heterocycles. The zero-order chi connectivity index (χ0) is 15.5. The Bertz CT molecular complexity index is 511. The third-order valence-electron chi connectivity index (χ3n) is 4.85. The van der Waals surface area contributed by atoms with E-state index in [-0.39, 0.29) is 22.7 Å². The molecule has 2 rings (SSSR count). The highest BCUT2D eigenvalue weighted by molar-refractivity contribution is 6.05. The Kier molecular flexibility index (Phi) is 4.92. The molecule has 1 aromatic rings. The largest absolute Gasteiger partial charge is 0.508 e. The van der Waals surface area contributed by atoms with Crippen LogP contribution in [0.1, 0.15) is 74.7 Å². The van der Waals surface area contributed by atoms with E-state index in [0.717, 1.165) is 44.9 Å². The molecule has 0 fully saturated rings. The molecule has 3 heteroatoms. The third kappa shape index (κ3) is 2.92. The molecule has 116 valence electrons. The smallest absolute Gasteiger partial charge is 0.173 e. The van der Waals surface area contributed by atoms with Crippen molar-refractivity contribution in [2.24, 2.45) is 5.41 Å². The summed E-state index contributed by atoms with van der Waals surface area (Å²) in [7, 11) is 0. The fraction of sp³-hybridized carbons (Fsp3) is 0.611. The van der Waals surface area contributed by atoms with E-state index in [1.54, 1.807) is 0 Å². The number of carbonyl (C=O) groups is 1. The van der Waals surface area contributed by atoms with Gasteiger partial charge in [-0.2, -0.15) is 0 Å². The maximum atomic E-state index is 13.1. The van der Waals surface area contributed by atoms with Crippen molar-refractivity contribution in [2.45, 2.75) is 65.2 Å². The number of Topliss-reactive ketones (excluding diaryl/α,β-unsaturated/α-hetero) is 1. The van der Waals surface area contributed by atoms with E-state index in [1.807, 2.05) is 0 Å². The molecule has 2 N–H and O–H groups in total. The quantitative estimate of drug-likeness (QED) is 0.753. The van der Waals surface area contributed by atoms with Gasteiger partial charge in [0.05, 0.1) is 5.56 Å². The van der Waals surface area contributed by atoms with Crippen molar-refractivity contribution in [3.63, 3.8) is 0 Å². The molecule has 0 radical (unpaired) electrons. The Balaban J connectivity index is 2.41. The summed E-state index contributed by atoms with van der Waals surface area (Å²) < 4.78 is 0. The van der Waals surface area contributed by atoms with Crippen molar-refractivity contribution >= 4 is 5.78 Å². The molecule has 0 spiro atoms. The molecule has 0 saturated carbocycles. The van der Waals surface area contributed by atoms with Crippen LogP contribution in [0.3, 0.4) is 0 Å². The minimum absolute atomic E-state index is 0.0184. The molecule has 0 aromatic heterocycles. The van der Waals surface area contributed by atoms with Gasteiger partial charge in [0.1, 0.15) is 11.5 Å². The highest BCUT2D eigenvalue weighted by Gasteiger charge is 2.43. The predicted octanol–water partition coefficient (Wildman–Crippen LogP) is 4.59. The normalized spacial score (nSPS) is 16.8. The van der Waals surface area contributed by atoms with Crippen LogP contribution in [0.15, 0.2) is 12.1 Å². The number of phenolic OH excluding ortho intramolecular Hbond substituents is 2. The Hall–Kier alpha value is -1.51. The molecular weight excluding hydrogens is 264 g/mol. The van der Waals surface area contributed by atoms with Crippen molar-refractivity contribution in [3.05, 3.63) is 23.3 Å². The minimum atomic E-state index is -0.343. The van der Waals surface area contributed by atoms with Gasteiger partial charge in [-0.05, 0) is 37.8 Å². The number of carbonyl (C=O) groups excluding carboxylic acids is 1. The van der Waals surface area contributed by atoms with E-state index >= 15 is 0 Å². The van der Waals surface area contributed by atoms with Gasteiger partial charge in [-0.1, -0.05) is 39.5 Å². The van der Waals surface area contributed by atoms with Crippen LogP contribution in [-0.2, 0) is 6.42 Å². The van der Waals surface area contributed by atoms with E-state index in [2.05, 4.69) is 13.8 Å². The number of unbranched alkanes of at least 4 members (excludes halogenated alkanes) is 2. The van der Waals surface area contributed by atoms with Gasteiger partial charge in [0.2, 0.25) is 0 Å². The molecule has 0 aliphatic heterocycles. The van der Waals surface area contributed by atoms with Gasteiger partial charge in [-0.25, -0.2) is 0 Å². The summed E-state index contributed by atoms with van der Waals surface area (Å²) in [6.45, 7) is 4.27. The van der Waals surface area contributed by atoms with Crippen molar-refractivity contribution in [1.82, 2.24) is 0 Å². The average Bonchev–Trinajstić information content (AvgIpc) is 2.49. The first kappa shape index (κ1) is 15.9. The van der Waals surface area contributed by atoms with Crippen LogP contribution >= 0.6 is 0 Å². The van der Waals surface area contributed by atoms with E-state index in [0.29, 0.717) is 17.5 Å². The van der Waals surface area contributed by atoms with Crippen molar-refractivity contribution in [3.8, 4) is 11.5 Å². The zero-order valence-electron chi connectivity index (χ0n) is 13.1. The third-order valence-corrected chi connectivity index (χ3v) is 4.85. The second-order valence-electron chi connectivity index (χ2n) is 6.27. The summed E-state index contributed by atoms with van der Waals surface area (Å²) >= 11 is 0. The van der Waals surface area contributed by atoms with Gasteiger partial charge >= 0.3 is 0 Å². The monoisotopic (exact) mass is 290 g/mol. The fourth-order valence-corrected chi connectivity index (χ4v) is 3.51. The molecule has 1 aromatic carbocycles. The Morgan fingerprint density at radius 2 is 1.62 bits per heavy atom. The van der Waals surface area contributed by atoms with Crippen LogP contribution in [0.2, 0.25) is 0 Å². The lowest BCUT2D eigenvalue weighted by Crippen LogP contribution is -2.36. The van der Waals surface area contributed by atoms with Crippen LogP contribution in [0, 0.1) is 5.41 Å². The summed E-state index contributed by atoms with van der Waals surface area (Å²) in [4.78, 5) is 13.1. The van der Waals surface area contributed by atoms with Crippen LogP contribution < -0.4 is 0 Å². The molecule has 0 amide bonds. The summed E-state index contributed by atoms with van der Waals surface area (Å²) in [5.41, 5.74) is 0.654. The maximum absolute atomic E-state index is 13.1. The van der Waals surface area contributed by atoms with Gasteiger partial charge in [0.25, 0.3) is 0 Å². The highest BCUT2D eigenvalue weighted by atomic mass is 16.3. The van der Waals surface area contributed by atoms with Crippen LogP contribution in [0.4, 0.5) is 0 Å². The average molecular weight is 290 g/mol. The Morgan fingerprint density at radius 1 is 1.05 bits per heavy atom. The van der Waals surface area contributed by atoms with Gasteiger partial charge < -0.3 is 10.2 Å². The van der Waals surface area contributed by atoms with Gasteiger partial charge in [0, 0.05) is 11.0 Å². The van der Waals surface area contributed by atoms with Crippen LogP contribution in [-0.4, -0.2) is 16.0 Å². The molecule has 21 heavy (non-hydrogen) atoms. The van der Waals surface area contributed by atoms with E-state index in [1.165, 1.54) is 12.1 Å². The molecule has 1 aliphatic carbocycles. The van der Waals surface area contributed by atoms with Crippen molar-refractivity contribution < 1.29 is 15.0 Å². The second kappa shape index (κ2) is 6.50. The number of aromatic hydroxyl groups is 2. The summed E-state index contributed by atoms with van der Waals surface area (Å²) in [6, 6.07) is 2.91. The molecular formula is C18H26O3. The standard InChI is InChI=1S/C18H26O3/c1-3-5-10-18(11-6-4-2)12-9-13-14(19)7-8-15(20)16(13)17(18)21/h7-8,19-20H,3-6,9-12H2,1-2H3. The van der Waals surface area contributed by atoms with E-state index in [4.69, 9.17) is 0 Å². The van der Waals surface area contributed by atoms with Crippen LogP contribution in [0.25, 0.3) is 0 Å². The molecule has 1 aliphatic rings. The molecule has 0 bridgehead atoms. The van der Waals surface area contributed by atoms with Gasteiger partial charge in [0.15, 0.2) is 5.78 Å².